The lowest BCUT2D eigenvalue weighted by Gasteiger charge is -2.09. The average Bonchev–Trinajstić information content (AvgIpc) is 2.75. The number of rotatable bonds is 3. The van der Waals surface area contributed by atoms with Crippen LogP contribution in [0.25, 0.3) is 11.2 Å². The summed E-state index contributed by atoms with van der Waals surface area (Å²) in [6.07, 6.45) is 0. The van der Waals surface area contributed by atoms with Gasteiger partial charge in [0.2, 0.25) is 5.91 Å². The van der Waals surface area contributed by atoms with Crippen LogP contribution in [0.15, 0.2) is 30.3 Å². The zero-order chi connectivity index (χ0) is 16.6. The van der Waals surface area contributed by atoms with Crippen LogP contribution in [-0.4, -0.2) is 20.4 Å². The molecule has 0 spiro atoms. The smallest absolute Gasteiger partial charge is 0.221 e. The van der Waals surface area contributed by atoms with Crippen molar-refractivity contribution in [1.29, 1.82) is 0 Å². The lowest BCUT2D eigenvalue weighted by atomic mass is 10.2. The van der Waals surface area contributed by atoms with Crippen LogP contribution in [0.3, 0.4) is 0 Å². The van der Waals surface area contributed by atoms with Crippen molar-refractivity contribution in [3.05, 3.63) is 52.4 Å². The molecule has 0 saturated carbocycles. The molecule has 1 amide bonds. The zero-order valence-electron chi connectivity index (χ0n) is 13.2. The van der Waals surface area contributed by atoms with Gasteiger partial charge in [0.25, 0.3) is 0 Å². The Morgan fingerprint density at radius 2 is 2.04 bits per heavy atom. The third-order valence-corrected chi connectivity index (χ3v) is 3.88. The Hall–Kier alpha value is -2.40. The first-order chi connectivity index (χ1) is 10.9. The van der Waals surface area contributed by atoms with Crippen LogP contribution in [0, 0.1) is 13.8 Å². The molecule has 0 bridgehead atoms. The van der Waals surface area contributed by atoms with E-state index < -0.39 is 0 Å². The topological polar surface area (TPSA) is 59.8 Å². The van der Waals surface area contributed by atoms with Crippen molar-refractivity contribution in [2.75, 3.05) is 5.32 Å². The summed E-state index contributed by atoms with van der Waals surface area (Å²) in [5.41, 5.74) is 4.11. The maximum Gasteiger partial charge on any atom is 0.221 e. The van der Waals surface area contributed by atoms with Gasteiger partial charge in [0.15, 0.2) is 5.65 Å². The number of carbonyl (C=O) groups is 1. The Balaban J connectivity index is 2.05. The van der Waals surface area contributed by atoms with Crippen molar-refractivity contribution in [1.82, 2.24) is 14.5 Å². The SMILES string of the molecule is CC(=O)Nc1cc2nc(C)n(Cc3cccc(Cl)c3)c2nc1C. The Labute approximate surface area is 139 Å². The highest BCUT2D eigenvalue weighted by molar-refractivity contribution is 6.30. The summed E-state index contributed by atoms with van der Waals surface area (Å²) >= 11 is 6.06. The summed E-state index contributed by atoms with van der Waals surface area (Å²) in [5.74, 6) is 0.746. The highest BCUT2D eigenvalue weighted by Gasteiger charge is 2.13. The van der Waals surface area contributed by atoms with Crippen LogP contribution in [0.5, 0.6) is 0 Å². The lowest BCUT2D eigenvalue weighted by molar-refractivity contribution is -0.114. The van der Waals surface area contributed by atoms with Crippen LogP contribution < -0.4 is 5.32 Å². The van der Waals surface area contributed by atoms with E-state index in [1.54, 1.807) is 0 Å². The van der Waals surface area contributed by atoms with Crippen LogP contribution >= 0.6 is 11.6 Å². The van der Waals surface area contributed by atoms with Crippen molar-refractivity contribution in [3.63, 3.8) is 0 Å². The fourth-order valence-corrected chi connectivity index (χ4v) is 2.79. The summed E-state index contributed by atoms with van der Waals surface area (Å²) in [4.78, 5) is 20.4. The second-order valence-corrected chi connectivity index (χ2v) is 5.96. The highest BCUT2D eigenvalue weighted by Crippen LogP contribution is 2.23. The minimum atomic E-state index is -0.121. The Morgan fingerprint density at radius 3 is 2.74 bits per heavy atom. The monoisotopic (exact) mass is 328 g/mol. The Bertz CT molecular complexity index is 901. The standard InChI is InChI=1S/C17H17ClN4O/c1-10-15(21-12(3)23)8-16-17(19-10)22(11(2)20-16)9-13-5-4-6-14(18)7-13/h4-8H,9H2,1-3H3,(H,21,23). The number of anilines is 1. The first-order valence-electron chi connectivity index (χ1n) is 7.30. The Morgan fingerprint density at radius 1 is 1.26 bits per heavy atom. The van der Waals surface area contributed by atoms with Crippen LogP contribution in [0.2, 0.25) is 5.02 Å². The van der Waals surface area contributed by atoms with Gasteiger partial charge in [0.05, 0.1) is 17.9 Å². The van der Waals surface area contributed by atoms with E-state index in [9.17, 15) is 4.79 Å². The largest absolute Gasteiger partial charge is 0.325 e. The number of nitrogens with zero attached hydrogens (tertiary/aromatic N) is 3. The molecule has 0 unspecified atom stereocenters. The van der Waals surface area contributed by atoms with E-state index in [2.05, 4.69) is 15.3 Å². The fraction of sp³-hybridized carbons (Fsp3) is 0.235. The van der Waals surface area contributed by atoms with Crippen LogP contribution in [0.4, 0.5) is 5.69 Å². The summed E-state index contributed by atoms with van der Waals surface area (Å²) in [7, 11) is 0. The van der Waals surface area contributed by atoms with E-state index in [0.29, 0.717) is 17.3 Å². The molecule has 2 heterocycles. The summed E-state index contributed by atoms with van der Waals surface area (Å²) in [6.45, 7) is 5.94. The normalized spacial score (nSPS) is 11.0. The summed E-state index contributed by atoms with van der Waals surface area (Å²) in [5, 5.41) is 3.49. The van der Waals surface area contributed by atoms with Gasteiger partial charge < -0.3 is 9.88 Å². The zero-order valence-corrected chi connectivity index (χ0v) is 14.0. The second-order valence-electron chi connectivity index (χ2n) is 5.52. The minimum absolute atomic E-state index is 0.121. The number of aryl methyl sites for hydroxylation is 2. The molecule has 5 nitrogen and oxygen atoms in total. The van der Waals surface area contributed by atoms with Gasteiger partial charge in [-0.15, -0.1) is 0 Å². The molecule has 0 fully saturated rings. The van der Waals surface area contributed by atoms with Crippen LogP contribution in [-0.2, 0) is 11.3 Å². The molecule has 0 saturated heterocycles. The number of hydrogen-bond acceptors (Lipinski definition) is 3. The van der Waals surface area contributed by atoms with Gasteiger partial charge in [-0.3, -0.25) is 4.79 Å². The van der Waals surface area contributed by atoms with Crippen molar-refractivity contribution in [2.45, 2.75) is 27.3 Å². The number of imidazole rings is 1. The van der Waals surface area contributed by atoms with Gasteiger partial charge in [0.1, 0.15) is 11.3 Å². The summed E-state index contributed by atoms with van der Waals surface area (Å²) in [6, 6.07) is 9.60. The van der Waals surface area contributed by atoms with Gasteiger partial charge in [-0.1, -0.05) is 23.7 Å². The molecule has 0 radical (unpaired) electrons. The number of halogens is 1. The van der Waals surface area contributed by atoms with E-state index >= 15 is 0 Å². The van der Waals surface area contributed by atoms with Crippen LogP contribution in [0.1, 0.15) is 24.0 Å². The van der Waals surface area contributed by atoms with Crippen molar-refractivity contribution in [3.8, 4) is 0 Å². The maximum absolute atomic E-state index is 11.3. The molecular weight excluding hydrogens is 312 g/mol. The fourth-order valence-electron chi connectivity index (χ4n) is 2.57. The van der Waals surface area contributed by atoms with E-state index in [-0.39, 0.29) is 5.91 Å². The van der Waals surface area contributed by atoms with Gasteiger partial charge in [0, 0.05) is 11.9 Å². The molecule has 6 heteroatoms. The molecule has 0 atom stereocenters. The first kappa shape index (κ1) is 15.5. The van der Waals surface area contributed by atoms with E-state index in [1.807, 2.05) is 48.7 Å². The van der Waals surface area contributed by atoms with Crippen molar-refractivity contribution in [2.24, 2.45) is 0 Å². The molecule has 2 aromatic heterocycles. The molecule has 3 rings (SSSR count). The van der Waals surface area contributed by atoms with Crippen molar-refractivity contribution < 1.29 is 4.79 Å². The number of nitrogens with one attached hydrogen (secondary N) is 1. The second kappa shape index (κ2) is 6.01. The number of hydrogen-bond donors (Lipinski definition) is 1. The lowest BCUT2D eigenvalue weighted by Crippen LogP contribution is -2.09. The molecule has 1 N–H and O–H groups in total. The number of aromatic nitrogens is 3. The molecule has 0 aliphatic heterocycles. The molecule has 118 valence electrons. The first-order valence-corrected chi connectivity index (χ1v) is 7.68. The van der Waals surface area contributed by atoms with Gasteiger partial charge in [-0.2, -0.15) is 0 Å². The van der Waals surface area contributed by atoms with E-state index in [1.165, 1.54) is 6.92 Å². The Kier molecular flexibility index (Phi) is 4.05. The third-order valence-electron chi connectivity index (χ3n) is 3.64. The van der Waals surface area contributed by atoms with Gasteiger partial charge >= 0.3 is 0 Å². The highest BCUT2D eigenvalue weighted by atomic mass is 35.5. The third kappa shape index (κ3) is 3.19. The van der Waals surface area contributed by atoms with Gasteiger partial charge in [-0.05, 0) is 37.6 Å². The molecule has 3 aromatic rings. The average molecular weight is 329 g/mol. The molecule has 0 aliphatic carbocycles. The quantitative estimate of drug-likeness (QED) is 0.797. The molecular formula is C17H17ClN4O. The number of pyridine rings is 1. The van der Waals surface area contributed by atoms with E-state index in [0.717, 1.165) is 28.2 Å². The maximum atomic E-state index is 11.3. The number of fused-ring (bicyclic) bond motifs is 1. The minimum Gasteiger partial charge on any atom is -0.325 e. The van der Waals surface area contributed by atoms with Crippen molar-refractivity contribution >= 4 is 34.4 Å². The predicted octanol–water partition coefficient (Wildman–Crippen LogP) is 3.71. The molecule has 0 aliphatic rings. The number of benzene rings is 1. The molecule has 23 heavy (non-hydrogen) atoms. The summed E-state index contributed by atoms with van der Waals surface area (Å²) < 4.78 is 2.05. The molecule has 1 aromatic carbocycles. The number of carbonyl (C=O) groups excluding carboxylic acids is 1. The van der Waals surface area contributed by atoms with E-state index in [4.69, 9.17) is 11.6 Å². The number of amides is 1. The van der Waals surface area contributed by atoms with Gasteiger partial charge in [-0.25, -0.2) is 9.97 Å². The predicted molar refractivity (Wildman–Crippen MR) is 91.9 cm³/mol.